The van der Waals surface area contributed by atoms with Gasteiger partial charge in [-0.05, 0) is 54.6 Å². The van der Waals surface area contributed by atoms with Crippen LogP contribution in [0.5, 0.6) is 0 Å². The zero-order valence-electron chi connectivity index (χ0n) is 12.9. The molecular weight excluding hydrogens is 288 g/mol. The molecule has 4 rings (SSSR count). The average molecular weight is 300 g/mol. The summed E-state index contributed by atoms with van der Waals surface area (Å²) in [4.78, 5) is 0. The zero-order valence-corrected chi connectivity index (χ0v) is 12.9. The molecule has 0 aromatic heterocycles. The van der Waals surface area contributed by atoms with Gasteiger partial charge in [-0.2, -0.15) is 0 Å². The largest absolute Gasteiger partial charge is 0.0616 e. The summed E-state index contributed by atoms with van der Waals surface area (Å²) in [5.41, 5.74) is 5.76. The van der Waals surface area contributed by atoms with Gasteiger partial charge in [-0.15, -0.1) is 0 Å². The van der Waals surface area contributed by atoms with Crippen molar-refractivity contribution in [2.24, 2.45) is 0 Å². The van der Waals surface area contributed by atoms with Crippen LogP contribution < -0.4 is 0 Å². The monoisotopic (exact) mass is 300 g/mol. The van der Waals surface area contributed by atoms with Crippen LogP contribution in [0.1, 0.15) is 33.4 Å². The summed E-state index contributed by atoms with van der Waals surface area (Å²) in [7, 11) is 0. The van der Waals surface area contributed by atoms with Gasteiger partial charge in [-0.3, -0.25) is 0 Å². The van der Waals surface area contributed by atoms with Crippen LogP contribution in [0.4, 0.5) is 0 Å². The van der Waals surface area contributed by atoms with Gasteiger partial charge in [0.1, 0.15) is 0 Å². The molecule has 0 saturated heterocycles. The van der Waals surface area contributed by atoms with E-state index in [1.807, 2.05) is 72.8 Å². The second-order valence-corrected chi connectivity index (χ2v) is 5.49. The Morgan fingerprint density at radius 3 is 0.750 bits per heavy atom. The molecule has 3 aromatic carbocycles. The van der Waals surface area contributed by atoms with E-state index in [2.05, 4.69) is 35.5 Å². The van der Waals surface area contributed by atoms with Crippen LogP contribution in [0.25, 0.3) is 0 Å². The average Bonchev–Trinajstić information content (AvgIpc) is 2.64. The first-order valence-corrected chi connectivity index (χ1v) is 7.71. The minimum atomic E-state index is 0.960. The summed E-state index contributed by atoms with van der Waals surface area (Å²) in [6.45, 7) is 0. The molecule has 0 aliphatic heterocycles. The minimum Gasteiger partial charge on any atom is -0.0616 e. The maximum absolute atomic E-state index is 3.20. The maximum Gasteiger partial charge on any atom is 0.0261 e. The molecule has 0 heterocycles. The van der Waals surface area contributed by atoms with Crippen LogP contribution in [0, 0.1) is 35.5 Å². The highest BCUT2D eigenvalue weighted by atomic mass is 14.0. The molecule has 3 aromatic rings. The van der Waals surface area contributed by atoms with Crippen molar-refractivity contribution in [2.45, 2.75) is 0 Å². The van der Waals surface area contributed by atoms with E-state index < -0.39 is 0 Å². The second kappa shape index (κ2) is 6.22. The van der Waals surface area contributed by atoms with Crippen molar-refractivity contribution in [3.8, 4) is 35.5 Å². The molecule has 0 unspecified atom stereocenters. The Bertz CT molecular complexity index is 897. The van der Waals surface area contributed by atoms with Crippen LogP contribution in [-0.4, -0.2) is 0 Å². The Hall–Kier alpha value is -3.66. The molecule has 24 heavy (non-hydrogen) atoms. The molecule has 1 aliphatic rings. The van der Waals surface area contributed by atoms with Crippen molar-refractivity contribution < 1.29 is 0 Å². The van der Waals surface area contributed by atoms with Gasteiger partial charge in [-0.25, -0.2) is 0 Å². The molecule has 0 fully saturated rings. The lowest BCUT2D eigenvalue weighted by Crippen LogP contribution is -1.80. The van der Waals surface area contributed by atoms with E-state index in [1.54, 1.807) is 0 Å². The van der Waals surface area contributed by atoms with Crippen LogP contribution in [0.2, 0.25) is 0 Å². The molecule has 0 N–H and O–H groups in total. The van der Waals surface area contributed by atoms with Gasteiger partial charge in [0.15, 0.2) is 0 Å². The summed E-state index contributed by atoms with van der Waals surface area (Å²) >= 11 is 0. The Morgan fingerprint density at radius 2 is 0.542 bits per heavy atom. The number of hydrogen-bond acceptors (Lipinski definition) is 0. The fourth-order valence-corrected chi connectivity index (χ4v) is 2.46. The van der Waals surface area contributed by atoms with Gasteiger partial charge in [0.25, 0.3) is 0 Å². The summed E-state index contributed by atoms with van der Waals surface area (Å²) in [5.74, 6) is 19.2. The van der Waals surface area contributed by atoms with Gasteiger partial charge in [0.05, 0.1) is 0 Å². The third-order valence-electron chi connectivity index (χ3n) is 3.64. The predicted octanol–water partition coefficient (Wildman–Crippen LogP) is 4.20. The van der Waals surface area contributed by atoms with Gasteiger partial charge in [-0.1, -0.05) is 53.7 Å². The molecular formula is C24H12. The first-order valence-electron chi connectivity index (χ1n) is 7.71. The molecule has 0 nitrogen and oxygen atoms in total. The number of fused-ring (bicyclic) bond motifs is 6. The molecule has 6 bridgehead atoms. The van der Waals surface area contributed by atoms with Crippen molar-refractivity contribution in [1.29, 1.82) is 0 Å². The summed E-state index contributed by atoms with van der Waals surface area (Å²) < 4.78 is 0. The van der Waals surface area contributed by atoms with E-state index >= 15 is 0 Å². The standard InChI is InChI=1S/C24H12/c1-4-19-10-12-21-6-2-8-23(17-21)14-15-24-9-3-7-22(18-24)13-11-20(5-1)16-19/h1-9,16-18H. The van der Waals surface area contributed by atoms with Crippen molar-refractivity contribution in [3.05, 3.63) is 106 Å². The minimum absolute atomic E-state index is 0.960. The van der Waals surface area contributed by atoms with Gasteiger partial charge in [0.2, 0.25) is 0 Å². The van der Waals surface area contributed by atoms with Crippen LogP contribution >= 0.6 is 0 Å². The lowest BCUT2D eigenvalue weighted by atomic mass is 10.1. The second-order valence-electron chi connectivity index (χ2n) is 5.49. The zero-order chi connectivity index (χ0) is 16.2. The smallest absolute Gasteiger partial charge is 0.0261 e. The fraction of sp³-hybridized carbons (Fsp3) is 0. The van der Waals surface area contributed by atoms with Crippen molar-refractivity contribution in [3.63, 3.8) is 0 Å². The van der Waals surface area contributed by atoms with Crippen LogP contribution in [0.15, 0.2) is 72.8 Å². The van der Waals surface area contributed by atoms with E-state index in [1.165, 1.54) is 0 Å². The molecule has 108 valence electrons. The molecule has 0 spiro atoms. The Balaban J connectivity index is 1.94. The first kappa shape index (κ1) is 14.0. The number of benzene rings is 3. The molecule has 1 aliphatic carbocycles. The predicted molar refractivity (Wildman–Crippen MR) is 97.3 cm³/mol. The summed E-state index contributed by atoms with van der Waals surface area (Å²) in [5, 5.41) is 0. The molecule has 0 radical (unpaired) electrons. The quantitative estimate of drug-likeness (QED) is 0.427. The third-order valence-corrected chi connectivity index (χ3v) is 3.64. The maximum atomic E-state index is 3.20. The van der Waals surface area contributed by atoms with E-state index in [9.17, 15) is 0 Å². The molecule has 0 atom stereocenters. The molecule has 0 saturated carbocycles. The lowest BCUT2D eigenvalue weighted by Gasteiger charge is -1.94. The molecule has 0 heteroatoms. The normalized spacial score (nSPS) is 10.5. The van der Waals surface area contributed by atoms with Crippen molar-refractivity contribution in [2.75, 3.05) is 0 Å². The number of rotatable bonds is 0. The molecule has 0 amide bonds. The van der Waals surface area contributed by atoms with E-state index in [0.29, 0.717) is 0 Å². The SMILES string of the molecule is C1#Cc2cccc(c2)C#Cc2cccc(c2)C#Cc2cccc1c2. The lowest BCUT2D eigenvalue weighted by molar-refractivity contribution is 1.58. The van der Waals surface area contributed by atoms with Crippen LogP contribution in [-0.2, 0) is 0 Å². The fourth-order valence-electron chi connectivity index (χ4n) is 2.46. The van der Waals surface area contributed by atoms with Crippen LogP contribution in [0.3, 0.4) is 0 Å². The van der Waals surface area contributed by atoms with Gasteiger partial charge in [0, 0.05) is 33.4 Å². The van der Waals surface area contributed by atoms with E-state index in [-0.39, 0.29) is 0 Å². The Morgan fingerprint density at radius 1 is 0.333 bits per heavy atom. The van der Waals surface area contributed by atoms with E-state index in [0.717, 1.165) is 33.4 Å². The number of hydrogen-bond donors (Lipinski definition) is 0. The Labute approximate surface area is 142 Å². The van der Waals surface area contributed by atoms with Crippen molar-refractivity contribution in [1.82, 2.24) is 0 Å². The van der Waals surface area contributed by atoms with Gasteiger partial charge >= 0.3 is 0 Å². The van der Waals surface area contributed by atoms with Gasteiger partial charge < -0.3 is 0 Å². The highest BCUT2D eigenvalue weighted by Gasteiger charge is 1.95. The van der Waals surface area contributed by atoms with E-state index in [4.69, 9.17) is 0 Å². The first-order chi connectivity index (χ1) is 11.8. The highest BCUT2D eigenvalue weighted by Crippen LogP contribution is 2.08. The highest BCUT2D eigenvalue weighted by molar-refractivity contribution is 5.53. The topological polar surface area (TPSA) is 0 Å². The summed E-state index contributed by atoms with van der Waals surface area (Å²) in [6.07, 6.45) is 0. The summed E-state index contributed by atoms with van der Waals surface area (Å²) in [6, 6.07) is 24.0. The Kier molecular flexibility index (Phi) is 3.62. The third kappa shape index (κ3) is 3.23. The van der Waals surface area contributed by atoms with Crippen molar-refractivity contribution >= 4 is 0 Å².